The number of fused-ring (bicyclic) bond motifs is 1. The lowest BCUT2D eigenvalue weighted by Gasteiger charge is -2.07. The largest absolute Gasteiger partial charge is 0.352 e. The van der Waals surface area contributed by atoms with Gasteiger partial charge in [0.05, 0.1) is 0 Å². The number of carbonyl (C=O) groups excluding carboxylic acids is 1. The van der Waals surface area contributed by atoms with Crippen molar-refractivity contribution in [2.45, 2.75) is 25.8 Å². The van der Waals surface area contributed by atoms with Crippen molar-refractivity contribution in [3.63, 3.8) is 0 Å². The number of amides is 1. The molecule has 1 fully saturated rings. The summed E-state index contributed by atoms with van der Waals surface area (Å²) in [6.45, 7) is 2.28. The Bertz CT molecular complexity index is 992. The SMILES string of the molecule is Cc1ccc2[nH]c(=O)c(CNC(=O)C3CC3c3ccccc3)cc2c1. The quantitative estimate of drug-likeness (QED) is 0.770. The summed E-state index contributed by atoms with van der Waals surface area (Å²) in [6, 6.07) is 17.9. The van der Waals surface area contributed by atoms with Gasteiger partial charge in [0.25, 0.3) is 5.56 Å². The Morgan fingerprint density at radius 3 is 2.76 bits per heavy atom. The highest BCUT2D eigenvalue weighted by Gasteiger charge is 2.43. The van der Waals surface area contributed by atoms with E-state index < -0.39 is 0 Å². The van der Waals surface area contributed by atoms with Gasteiger partial charge in [-0.3, -0.25) is 9.59 Å². The molecule has 1 saturated carbocycles. The number of H-pyrrole nitrogens is 1. The summed E-state index contributed by atoms with van der Waals surface area (Å²) >= 11 is 0. The van der Waals surface area contributed by atoms with Crippen molar-refractivity contribution in [1.82, 2.24) is 10.3 Å². The minimum atomic E-state index is -0.146. The highest BCUT2D eigenvalue weighted by Crippen LogP contribution is 2.47. The highest BCUT2D eigenvalue weighted by atomic mass is 16.2. The number of pyridine rings is 1. The van der Waals surface area contributed by atoms with Gasteiger partial charge in [-0.25, -0.2) is 0 Å². The summed E-state index contributed by atoms with van der Waals surface area (Å²) in [5.41, 5.74) is 3.60. The number of aryl methyl sites for hydroxylation is 1. The third-order valence-corrected chi connectivity index (χ3v) is 4.88. The molecule has 4 rings (SSSR count). The molecule has 1 amide bonds. The molecular weight excluding hydrogens is 312 g/mol. The number of hydrogen-bond donors (Lipinski definition) is 2. The lowest BCUT2D eigenvalue weighted by molar-refractivity contribution is -0.122. The van der Waals surface area contributed by atoms with E-state index in [1.807, 2.05) is 49.4 Å². The molecule has 0 bridgehead atoms. The van der Waals surface area contributed by atoms with E-state index in [9.17, 15) is 9.59 Å². The van der Waals surface area contributed by atoms with Crippen molar-refractivity contribution < 1.29 is 4.79 Å². The van der Waals surface area contributed by atoms with Crippen LogP contribution < -0.4 is 10.9 Å². The summed E-state index contributed by atoms with van der Waals surface area (Å²) < 4.78 is 0. The van der Waals surface area contributed by atoms with Crippen LogP contribution in [0.25, 0.3) is 10.9 Å². The Hall–Kier alpha value is -2.88. The molecule has 4 nitrogen and oxygen atoms in total. The second-order valence-electron chi connectivity index (χ2n) is 6.79. The van der Waals surface area contributed by atoms with Gasteiger partial charge in [-0.2, -0.15) is 0 Å². The molecule has 2 N–H and O–H groups in total. The van der Waals surface area contributed by atoms with Crippen LogP contribution in [0, 0.1) is 12.8 Å². The van der Waals surface area contributed by atoms with Crippen molar-refractivity contribution in [3.8, 4) is 0 Å². The van der Waals surface area contributed by atoms with E-state index in [1.54, 1.807) is 0 Å². The summed E-state index contributed by atoms with van der Waals surface area (Å²) in [7, 11) is 0. The second kappa shape index (κ2) is 6.20. The summed E-state index contributed by atoms with van der Waals surface area (Å²) in [5, 5.41) is 3.91. The Kier molecular flexibility index (Phi) is 3.88. The lowest BCUT2D eigenvalue weighted by Crippen LogP contribution is -2.28. The molecule has 1 heterocycles. The van der Waals surface area contributed by atoms with Gasteiger partial charge in [0.2, 0.25) is 5.91 Å². The van der Waals surface area contributed by atoms with Crippen LogP contribution in [-0.4, -0.2) is 10.9 Å². The van der Waals surface area contributed by atoms with Crippen molar-refractivity contribution in [3.05, 3.63) is 81.6 Å². The minimum absolute atomic E-state index is 0.0178. The van der Waals surface area contributed by atoms with Crippen molar-refractivity contribution in [1.29, 1.82) is 0 Å². The molecule has 2 unspecified atom stereocenters. The Labute approximate surface area is 145 Å². The van der Waals surface area contributed by atoms with Crippen LogP contribution in [-0.2, 0) is 11.3 Å². The molecule has 1 aliphatic carbocycles. The number of carbonyl (C=O) groups is 1. The van der Waals surface area contributed by atoms with Gasteiger partial charge in [-0.05, 0) is 48.4 Å². The molecule has 0 aliphatic heterocycles. The van der Waals surface area contributed by atoms with Crippen LogP contribution >= 0.6 is 0 Å². The number of aromatic amines is 1. The predicted molar refractivity (Wildman–Crippen MR) is 98.4 cm³/mol. The topological polar surface area (TPSA) is 62.0 Å². The molecule has 1 aliphatic rings. The maximum absolute atomic E-state index is 12.4. The summed E-state index contributed by atoms with van der Waals surface area (Å²) in [5.74, 6) is 0.348. The van der Waals surface area contributed by atoms with Crippen LogP contribution in [0.1, 0.15) is 29.0 Å². The maximum atomic E-state index is 12.4. The molecule has 2 atom stereocenters. The van der Waals surface area contributed by atoms with Crippen LogP contribution in [0.2, 0.25) is 0 Å². The van der Waals surface area contributed by atoms with E-state index in [0.29, 0.717) is 11.5 Å². The number of aromatic nitrogens is 1. The zero-order valence-electron chi connectivity index (χ0n) is 14.1. The zero-order valence-corrected chi connectivity index (χ0v) is 14.1. The molecule has 0 saturated heterocycles. The summed E-state index contributed by atoms with van der Waals surface area (Å²) in [4.78, 5) is 27.4. The monoisotopic (exact) mass is 332 g/mol. The van der Waals surface area contributed by atoms with Gasteiger partial charge in [0.1, 0.15) is 0 Å². The van der Waals surface area contributed by atoms with Gasteiger partial charge in [0.15, 0.2) is 0 Å². The van der Waals surface area contributed by atoms with Crippen molar-refractivity contribution >= 4 is 16.8 Å². The van der Waals surface area contributed by atoms with E-state index >= 15 is 0 Å². The average Bonchev–Trinajstić information content (AvgIpc) is 3.42. The van der Waals surface area contributed by atoms with Gasteiger partial charge in [0, 0.05) is 23.5 Å². The molecule has 2 aromatic carbocycles. The van der Waals surface area contributed by atoms with E-state index in [2.05, 4.69) is 22.4 Å². The molecule has 4 heteroatoms. The van der Waals surface area contributed by atoms with Crippen LogP contribution in [0.15, 0.2) is 59.4 Å². The normalized spacial score (nSPS) is 18.9. The Morgan fingerprint density at radius 2 is 1.96 bits per heavy atom. The average molecular weight is 332 g/mol. The zero-order chi connectivity index (χ0) is 17.4. The third-order valence-electron chi connectivity index (χ3n) is 4.88. The Morgan fingerprint density at radius 1 is 1.16 bits per heavy atom. The van der Waals surface area contributed by atoms with E-state index in [4.69, 9.17) is 0 Å². The number of hydrogen-bond acceptors (Lipinski definition) is 2. The van der Waals surface area contributed by atoms with Gasteiger partial charge < -0.3 is 10.3 Å². The first-order chi connectivity index (χ1) is 12.1. The van der Waals surface area contributed by atoms with E-state index in [1.165, 1.54) is 5.56 Å². The fourth-order valence-electron chi connectivity index (χ4n) is 3.37. The van der Waals surface area contributed by atoms with E-state index in [0.717, 1.165) is 22.9 Å². The predicted octanol–water partition coefficient (Wildman–Crippen LogP) is 3.26. The first-order valence-electron chi connectivity index (χ1n) is 8.57. The molecule has 25 heavy (non-hydrogen) atoms. The Balaban J connectivity index is 1.45. The fourth-order valence-corrected chi connectivity index (χ4v) is 3.37. The van der Waals surface area contributed by atoms with Crippen LogP contribution in [0.4, 0.5) is 0 Å². The van der Waals surface area contributed by atoms with Gasteiger partial charge >= 0.3 is 0 Å². The van der Waals surface area contributed by atoms with Crippen LogP contribution in [0.3, 0.4) is 0 Å². The first kappa shape index (κ1) is 15.6. The van der Waals surface area contributed by atoms with Crippen molar-refractivity contribution in [2.24, 2.45) is 5.92 Å². The fraction of sp³-hybridized carbons (Fsp3) is 0.238. The first-order valence-corrected chi connectivity index (χ1v) is 8.57. The number of benzene rings is 2. The molecule has 0 spiro atoms. The molecule has 3 aromatic rings. The number of rotatable bonds is 4. The number of nitrogens with one attached hydrogen (secondary N) is 2. The molecule has 1 aromatic heterocycles. The van der Waals surface area contributed by atoms with Crippen molar-refractivity contribution in [2.75, 3.05) is 0 Å². The smallest absolute Gasteiger partial charge is 0.253 e. The molecular formula is C21H20N2O2. The maximum Gasteiger partial charge on any atom is 0.253 e. The minimum Gasteiger partial charge on any atom is -0.352 e. The molecule has 126 valence electrons. The van der Waals surface area contributed by atoms with Gasteiger partial charge in [-0.15, -0.1) is 0 Å². The highest BCUT2D eigenvalue weighted by molar-refractivity contribution is 5.83. The van der Waals surface area contributed by atoms with Crippen LogP contribution in [0.5, 0.6) is 0 Å². The summed E-state index contributed by atoms with van der Waals surface area (Å²) in [6.07, 6.45) is 0.878. The van der Waals surface area contributed by atoms with E-state index in [-0.39, 0.29) is 23.9 Å². The second-order valence-corrected chi connectivity index (χ2v) is 6.79. The standard InChI is InChI=1S/C21H20N2O2/c1-13-7-8-19-15(9-13)10-16(20(24)23-19)12-22-21(25)18-11-17(18)14-5-3-2-4-6-14/h2-10,17-18H,11-12H2,1H3,(H,22,25)(H,23,24). The lowest BCUT2D eigenvalue weighted by atomic mass is 10.1. The third kappa shape index (κ3) is 3.20. The molecule has 0 radical (unpaired) electrons. The van der Waals surface area contributed by atoms with Gasteiger partial charge in [-0.1, -0.05) is 42.0 Å².